The van der Waals surface area contributed by atoms with Crippen molar-refractivity contribution in [3.8, 4) is 11.4 Å². The van der Waals surface area contributed by atoms with Crippen LogP contribution in [0.3, 0.4) is 0 Å². The zero-order valence-electron chi connectivity index (χ0n) is 20.7. The second-order valence-corrected chi connectivity index (χ2v) is 10.5. The second-order valence-electron chi connectivity index (χ2n) is 8.16. The lowest BCUT2D eigenvalue weighted by molar-refractivity contribution is 0.413. The van der Waals surface area contributed by atoms with E-state index in [9.17, 15) is 8.42 Å². The van der Waals surface area contributed by atoms with Crippen LogP contribution < -0.4 is 10.5 Å². The highest BCUT2D eigenvalue weighted by Gasteiger charge is 2.27. The van der Waals surface area contributed by atoms with E-state index < -0.39 is 10.0 Å². The van der Waals surface area contributed by atoms with Gasteiger partial charge in [-0.15, -0.1) is 10.2 Å². The van der Waals surface area contributed by atoms with Crippen LogP contribution in [0.1, 0.15) is 18.2 Å². The summed E-state index contributed by atoms with van der Waals surface area (Å²) in [5.74, 6) is 0.732. The fourth-order valence-electron chi connectivity index (χ4n) is 3.75. The number of para-hydroxylation sites is 1. The summed E-state index contributed by atoms with van der Waals surface area (Å²) in [5.41, 5.74) is 8.94. The van der Waals surface area contributed by atoms with Gasteiger partial charge in [-0.2, -0.15) is 9.40 Å². The maximum atomic E-state index is 13.7. The van der Waals surface area contributed by atoms with Crippen LogP contribution in [0.25, 0.3) is 5.69 Å². The minimum Gasteiger partial charge on any atom is -0.497 e. The van der Waals surface area contributed by atoms with Gasteiger partial charge in [0.1, 0.15) is 16.3 Å². The van der Waals surface area contributed by atoms with Gasteiger partial charge in [-0.25, -0.2) is 13.1 Å². The van der Waals surface area contributed by atoms with E-state index >= 15 is 0 Å². The number of sulfonamides is 1. The van der Waals surface area contributed by atoms with Gasteiger partial charge in [0, 0.05) is 24.2 Å². The smallest absolute Gasteiger partial charge is 0.245 e. The summed E-state index contributed by atoms with van der Waals surface area (Å²) in [4.78, 5) is -0.000427. The summed E-state index contributed by atoms with van der Waals surface area (Å²) in [6, 6.07) is 21.0. The van der Waals surface area contributed by atoms with Gasteiger partial charge in [0.05, 0.1) is 18.5 Å². The van der Waals surface area contributed by atoms with Crippen LogP contribution in [0.4, 0.5) is 17.2 Å². The van der Waals surface area contributed by atoms with Gasteiger partial charge >= 0.3 is 0 Å². The third-order valence-electron chi connectivity index (χ3n) is 5.73. The number of nitrogen functional groups attached to an aromatic ring is 1. The minimum atomic E-state index is -3.94. The molecule has 0 fully saturated rings. The molecule has 0 amide bonds. The van der Waals surface area contributed by atoms with E-state index in [1.54, 1.807) is 48.9 Å². The van der Waals surface area contributed by atoms with Crippen molar-refractivity contribution < 1.29 is 13.2 Å². The Kier molecular flexibility index (Phi) is 7.91. The Balaban J connectivity index is 1.72. The van der Waals surface area contributed by atoms with Gasteiger partial charge in [0.2, 0.25) is 10.0 Å². The van der Waals surface area contributed by atoms with E-state index in [-0.39, 0.29) is 29.5 Å². The first-order valence-corrected chi connectivity index (χ1v) is 13.3. The SMILES string of the molecule is CCN(Cc1ccc(Cl)cc1)S(=O)(=O)c1ccc(OC)cc1N=Nc1c(C)nn(-c2ccccc2)c1N. The van der Waals surface area contributed by atoms with Gasteiger partial charge in [-0.1, -0.05) is 48.9 Å². The molecule has 0 bridgehead atoms. The fraction of sp³-hybridized carbons (Fsp3) is 0.192. The maximum Gasteiger partial charge on any atom is 0.245 e. The monoisotopic (exact) mass is 538 g/mol. The van der Waals surface area contributed by atoms with Gasteiger partial charge in [-0.3, -0.25) is 0 Å². The molecule has 0 aliphatic heterocycles. The number of rotatable bonds is 9. The molecule has 9 nitrogen and oxygen atoms in total. The van der Waals surface area contributed by atoms with Crippen LogP contribution in [0.5, 0.6) is 5.75 Å². The van der Waals surface area contributed by atoms with E-state index in [4.69, 9.17) is 22.1 Å². The Bertz CT molecular complexity index is 1520. The molecule has 1 aromatic heterocycles. The molecule has 0 aliphatic carbocycles. The van der Waals surface area contributed by atoms with Gasteiger partial charge in [0.25, 0.3) is 0 Å². The highest BCUT2D eigenvalue weighted by atomic mass is 35.5. The molecule has 192 valence electrons. The molecule has 1 heterocycles. The number of azo groups is 1. The van der Waals surface area contributed by atoms with Crippen LogP contribution in [0.2, 0.25) is 5.02 Å². The molecule has 0 atom stereocenters. The lowest BCUT2D eigenvalue weighted by Gasteiger charge is -2.21. The molecule has 4 aromatic rings. The molecule has 2 N–H and O–H groups in total. The molecule has 0 saturated carbocycles. The van der Waals surface area contributed by atoms with Crippen molar-refractivity contribution in [3.05, 3.63) is 89.1 Å². The van der Waals surface area contributed by atoms with Crippen LogP contribution in [0.15, 0.2) is 87.9 Å². The lowest BCUT2D eigenvalue weighted by atomic mass is 10.2. The van der Waals surface area contributed by atoms with E-state index in [0.29, 0.717) is 22.2 Å². The minimum absolute atomic E-state index is 0.000427. The largest absolute Gasteiger partial charge is 0.497 e. The Labute approximate surface area is 221 Å². The van der Waals surface area contributed by atoms with Crippen molar-refractivity contribution >= 4 is 38.8 Å². The Hall–Kier alpha value is -3.73. The number of halogens is 1. The van der Waals surface area contributed by atoms with Crippen molar-refractivity contribution in [2.45, 2.75) is 25.3 Å². The van der Waals surface area contributed by atoms with Crippen molar-refractivity contribution in [1.29, 1.82) is 0 Å². The summed E-state index contributed by atoms with van der Waals surface area (Å²) in [6.07, 6.45) is 0. The van der Waals surface area contributed by atoms with Crippen molar-refractivity contribution in [2.75, 3.05) is 19.4 Å². The van der Waals surface area contributed by atoms with Crippen molar-refractivity contribution in [3.63, 3.8) is 0 Å². The quantitative estimate of drug-likeness (QED) is 0.260. The summed E-state index contributed by atoms with van der Waals surface area (Å²) in [7, 11) is -2.44. The first kappa shape index (κ1) is 26.3. The molecule has 11 heteroatoms. The molecule has 3 aromatic carbocycles. The molecule has 37 heavy (non-hydrogen) atoms. The summed E-state index contributed by atoms with van der Waals surface area (Å²) in [5, 5.41) is 13.7. The normalized spacial score (nSPS) is 11.9. The average Bonchev–Trinajstić information content (AvgIpc) is 3.19. The number of nitrogens with zero attached hydrogens (tertiary/aromatic N) is 5. The lowest BCUT2D eigenvalue weighted by Crippen LogP contribution is -2.30. The standard InChI is InChI=1S/C26H27ClN6O3S/c1-4-32(17-19-10-12-20(27)13-11-19)37(34,35)24-15-14-22(36-3)16-23(24)29-30-25-18(2)31-33(26(25)28)21-8-6-5-7-9-21/h5-16H,4,17,28H2,1-3H3. The van der Waals surface area contributed by atoms with Crippen molar-refractivity contribution in [1.82, 2.24) is 14.1 Å². The highest BCUT2D eigenvalue weighted by Crippen LogP contribution is 2.35. The summed E-state index contributed by atoms with van der Waals surface area (Å²) >= 11 is 5.98. The van der Waals surface area contributed by atoms with E-state index in [2.05, 4.69) is 15.3 Å². The van der Waals surface area contributed by atoms with Gasteiger partial charge in [-0.05, 0) is 48.9 Å². The predicted molar refractivity (Wildman–Crippen MR) is 145 cm³/mol. The van der Waals surface area contributed by atoms with Crippen LogP contribution in [-0.2, 0) is 16.6 Å². The zero-order valence-corrected chi connectivity index (χ0v) is 22.2. The Morgan fingerprint density at radius 3 is 2.41 bits per heavy atom. The third kappa shape index (κ3) is 5.66. The number of hydrogen-bond acceptors (Lipinski definition) is 7. The first-order chi connectivity index (χ1) is 17.7. The molecular formula is C26H27ClN6O3S. The average molecular weight is 539 g/mol. The molecule has 4 rings (SSSR count). The van der Waals surface area contributed by atoms with Crippen molar-refractivity contribution in [2.24, 2.45) is 10.2 Å². The van der Waals surface area contributed by atoms with Crippen LogP contribution >= 0.6 is 11.6 Å². The molecule has 0 saturated heterocycles. The Morgan fingerprint density at radius 2 is 1.76 bits per heavy atom. The highest BCUT2D eigenvalue weighted by molar-refractivity contribution is 7.89. The molecule has 0 spiro atoms. The van der Waals surface area contributed by atoms with Gasteiger partial charge in [0.15, 0.2) is 11.5 Å². The van der Waals surface area contributed by atoms with E-state index in [1.165, 1.54) is 23.5 Å². The molecule has 0 aliphatic rings. The zero-order chi connectivity index (χ0) is 26.6. The summed E-state index contributed by atoms with van der Waals surface area (Å²) in [6.45, 7) is 3.97. The fourth-order valence-corrected chi connectivity index (χ4v) is 5.42. The van der Waals surface area contributed by atoms with Crippen LogP contribution in [-0.4, -0.2) is 36.2 Å². The number of aromatic nitrogens is 2. The number of aryl methyl sites for hydroxylation is 1. The number of nitrogens with two attached hydrogens (primary N) is 1. The Morgan fingerprint density at radius 1 is 1.05 bits per heavy atom. The van der Waals surface area contributed by atoms with Gasteiger partial charge < -0.3 is 10.5 Å². The topological polar surface area (TPSA) is 115 Å². The number of ether oxygens (including phenoxy) is 1. The predicted octanol–water partition coefficient (Wildman–Crippen LogP) is 6.05. The van der Waals surface area contributed by atoms with E-state index in [0.717, 1.165) is 11.3 Å². The maximum absolute atomic E-state index is 13.7. The molecule has 0 unspecified atom stereocenters. The number of methoxy groups -OCH3 is 1. The molecular weight excluding hydrogens is 512 g/mol. The summed E-state index contributed by atoms with van der Waals surface area (Å²) < 4.78 is 35.7. The number of benzene rings is 3. The number of hydrogen-bond donors (Lipinski definition) is 1. The molecule has 0 radical (unpaired) electrons. The first-order valence-electron chi connectivity index (χ1n) is 11.5. The number of anilines is 1. The third-order valence-corrected chi connectivity index (χ3v) is 7.95. The van der Waals surface area contributed by atoms with E-state index in [1.807, 2.05) is 30.3 Å². The second kappa shape index (κ2) is 11.1. The van der Waals surface area contributed by atoms with Crippen LogP contribution in [0, 0.1) is 6.92 Å².